The molecule has 3 heteroatoms. The van der Waals surface area contributed by atoms with Crippen LogP contribution in [-0.4, -0.2) is 23.6 Å². The van der Waals surface area contributed by atoms with E-state index in [1.807, 2.05) is 38.1 Å². The minimum absolute atomic E-state index is 0.0226. The molecule has 80 valence electrons. The average molecular weight is 205 g/mol. The van der Waals surface area contributed by atoms with Gasteiger partial charge >= 0.3 is 0 Å². The first-order valence-electron chi connectivity index (χ1n) is 5.25. The number of hydroxylamine groups is 2. The second-order valence-corrected chi connectivity index (χ2v) is 3.97. The number of carbonyl (C=O) groups excluding carboxylic acids is 1. The van der Waals surface area contributed by atoms with Gasteiger partial charge in [0.15, 0.2) is 0 Å². The van der Waals surface area contributed by atoms with Gasteiger partial charge in [0, 0.05) is 5.56 Å². The molecule has 1 heterocycles. The molecule has 1 amide bonds. The summed E-state index contributed by atoms with van der Waals surface area (Å²) in [6.45, 7) is 4.50. The van der Waals surface area contributed by atoms with Crippen LogP contribution in [0.5, 0.6) is 0 Å². The van der Waals surface area contributed by atoms with Crippen LogP contribution < -0.4 is 0 Å². The van der Waals surface area contributed by atoms with Crippen LogP contribution >= 0.6 is 0 Å². The van der Waals surface area contributed by atoms with Crippen molar-refractivity contribution in [3.8, 4) is 0 Å². The molecule has 0 spiro atoms. The molecule has 0 radical (unpaired) electrons. The smallest absolute Gasteiger partial charge is 0.268 e. The highest BCUT2D eigenvalue weighted by Gasteiger charge is 2.25. The molecule has 0 aromatic heterocycles. The molecular formula is C12H15NO2. The standard InChI is InChI=1S/C12H15NO2/c1-9(2)15-13-8-7-10-5-3-4-6-11(10)12(13)14/h3-6,9H,7-8H2,1-2H3. The number of benzene rings is 1. The Morgan fingerprint density at radius 2 is 2.07 bits per heavy atom. The first-order valence-corrected chi connectivity index (χ1v) is 5.25. The first-order chi connectivity index (χ1) is 7.18. The van der Waals surface area contributed by atoms with Crippen LogP contribution in [0, 0.1) is 0 Å². The molecule has 0 saturated carbocycles. The number of amides is 1. The highest BCUT2D eigenvalue weighted by atomic mass is 16.7. The van der Waals surface area contributed by atoms with E-state index in [4.69, 9.17) is 4.84 Å². The summed E-state index contributed by atoms with van der Waals surface area (Å²) >= 11 is 0. The number of hydrogen-bond acceptors (Lipinski definition) is 2. The van der Waals surface area contributed by atoms with Crippen molar-refractivity contribution in [3.63, 3.8) is 0 Å². The van der Waals surface area contributed by atoms with Crippen molar-refractivity contribution in [2.75, 3.05) is 6.54 Å². The number of hydrogen-bond donors (Lipinski definition) is 0. The van der Waals surface area contributed by atoms with E-state index in [1.165, 1.54) is 5.06 Å². The normalized spacial score (nSPS) is 15.7. The molecule has 0 atom stereocenters. The zero-order chi connectivity index (χ0) is 10.8. The zero-order valence-electron chi connectivity index (χ0n) is 9.06. The lowest BCUT2D eigenvalue weighted by Gasteiger charge is -2.28. The largest absolute Gasteiger partial charge is 0.277 e. The van der Waals surface area contributed by atoms with Crippen LogP contribution in [-0.2, 0) is 11.3 Å². The van der Waals surface area contributed by atoms with Crippen molar-refractivity contribution in [1.29, 1.82) is 0 Å². The molecule has 3 nitrogen and oxygen atoms in total. The molecule has 0 aliphatic carbocycles. The minimum atomic E-state index is -0.0226. The van der Waals surface area contributed by atoms with Crippen molar-refractivity contribution in [1.82, 2.24) is 5.06 Å². The third-order valence-corrected chi connectivity index (χ3v) is 2.40. The Hall–Kier alpha value is -1.35. The summed E-state index contributed by atoms with van der Waals surface area (Å²) in [5.74, 6) is -0.0226. The summed E-state index contributed by atoms with van der Waals surface area (Å²) in [7, 11) is 0. The maximum Gasteiger partial charge on any atom is 0.277 e. The van der Waals surface area contributed by atoms with Gasteiger partial charge in [0.05, 0.1) is 12.6 Å². The Balaban J connectivity index is 2.22. The lowest BCUT2D eigenvalue weighted by molar-refractivity contribution is -0.153. The van der Waals surface area contributed by atoms with Gasteiger partial charge in [-0.3, -0.25) is 9.63 Å². The molecule has 0 saturated heterocycles. The maximum absolute atomic E-state index is 12.0. The number of carbonyl (C=O) groups is 1. The van der Waals surface area contributed by atoms with E-state index in [9.17, 15) is 4.79 Å². The van der Waals surface area contributed by atoms with Gasteiger partial charge in [-0.1, -0.05) is 18.2 Å². The lowest BCUT2D eigenvalue weighted by atomic mass is 10.0. The number of rotatable bonds is 2. The third-order valence-electron chi connectivity index (χ3n) is 2.40. The highest BCUT2D eigenvalue weighted by molar-refractivity contribution is 5.96. The van der Waals surface area contributed by atoms with Crippen LogP contribution in [0.1, 0.15) is 29.8 Å². The predicted molar refractivity (Wildman–Crippen MR) is 57.4 cm³/mol. The van der Waals surface area contributed by atoms with E-state index in [-0.39, 0.29) is 12.0 Å². The molecule has 1 aliphatic rings. The van der Waals surface area contributed by atoms with Crippen LogP contribution in [0.2, 0.25) is 0 Å². The monoisotopic (exact) mass is 205 g/mol. The third kappa shape index (κ3) is 2.02. The van der Waals surface area contributed by atoms with Crippen LogP contribution in [0.3, 0.4) is 0 Å². The van der Waals surface area contributed by atoms with Gasteiger partial charge < -0.3 is 0 Å². The van der Waals surface area contributed by atoms with Crippen molar-refractivity contribution < 1.29 is 9.63 Å². The van der Waals surface area contributed by atoms with Crippen molar-refractivity contribution in [3.05, 3.63) is 35.4 Å². The topological polar surface area (TPSA) is 29.5 Å². The molecule has 15 heavy (non-hydrogen) atoms. The molecule has 1 aliphatic heterocycles. The zero-order valence-corrected chi connectivity index (χ0v) is 9.06. The van der Waals surface area contributed by atoms with Gasteiger partial charge in [-0.25, -0.2) is 5.06 Å². The minimum Gasteiger partial charge on any atom is -0.268 e. The van der Waals surface area contributed by atoms with Crippen LogP contribution in [0.25, 0.3) is 0 Å². The molecule has 0 bridgehead atoms. The van der Waals surface area contributed by atoms with Gasteiger partial charge in [-0.15, -0.1) is 0 Å². The van der Waals surface area contributed by atoms with Crippen molar-refractivity contribution in [2.24, 2.45) is 0 Å². The second kappa shape index (κ2) is 4.03. The SMILES string of the molecule is CC(C)ON1CCc2ccccc2C1=O. The fourth-order valence-corrected chi connectivity index (χ4v) is 1.76. The van der Waals surface area contributed by atoms with Gasteiger partial charge in [-0.2, -0.15) is 0 Å². The fourth-order valence-electron chi connectivity index (χ4n) is 1.76. The first kappa shape index (κ1) is 10.2. The van der Waals surface area contributed by atoms with Gasteiger partial charge in [0.2, 0.25) is 0 Å². The lowest BCUT2D eigenvalue weighted by Crippen LogP contribution is -2.39. The molecule has 0 fully saturated rings. The van der Waals surface area contributed by atoms with Gasteiger partial charge in [0.25, 0.3) is 5.91 Å². The quantitative estimate of drug-likeness (QED) is 0.739. The fraction of sp³-hybridized carbons (Fsp3) is 0.417. The molecule has 1 aromatic rings. The summed E-state index contributed by atoms with van der Waals surface area (Å²) in [4.78, 5) is 17.4. The van der Waals surface area contributed by atoms with E-state index in [0.29, 0.717) is 6.54 Å². The molecular weight excluding hydrogens is 190 g/mol. The summed E-state index contributed by atoms with van der Waals surface area (Å²) in [5.41, 5.74) is 1.88. The summed E-state index contributed by atoms with van der Waals surface area (Å²) in [5, 5.41) is 1.47. The Morgan fingerprint density at radius 1 is 1.33 bits per heavy atom. The molecule has 0 unspecified atom stereocenters. The van der Waals surface area contributed by atoms with E-state index < -0.39 is 0 Å². The Bertz CT molecular complexity index is 374. The van der Waals surface area contributed by atoms with Crippen LogP contribution in [0.15, 0.2) is 24.3 Å². The number of nitrogens with zero attached hydrogens (tertiary/aromatic N) is 1. The predicted octanol–water partition coefficient (Wildman–Crippen LogP) is 2.02. The number of fused-ring (bicyclic) bond motifs is 1. The van der Waals surface area contributed by atoms with E-state index in [0.717, 1.165) is 17.5 Å². The Morgan fingerprint density at radius 3 is 2.80 bits per heavy atom. The molecule has 0 N–H and O–H groups in total. The van der Waals surface area contributed by atoms with Crippen molar-refractivity contribution >= 4 is 5.91 Å². The summed E-state index contributed by atoms with van der Waals surface area (Å²) < 4.78 is 0. The van der Waals surface area contributed by atoms with E-state index in [1.54, 1.807) is 0 Å². The second-order valence-electron chi connectivity index (χ2n) is 3.97. The van der Waals surface area contributed by atoms with Gasteiger partial charge in [-0.05, 0) is 31.9 Å². The molecule has 2 rings (SSSR count). The van der Waals surface area contributed by atoms with Crippen LogP contribution in [0.4, 0.5) is 0 Å². The average Bonchev–Trinajstić information content (AvgIpc) is 2.22. The highest BCUT2D eigenvalue weighted by Crippen LogP contribution is 2.19. The van der Waals surface area contributed by atoms with E-state index in [2.05, 4.69) is 0 Å². The summed E-state index contributed by atoms with van der Waals surface area (Å²) in [6.07, 6.45) is 0.911. The van der Waals surface area contributed by atoms with Crippen molar-refractivity contribution in [2.45, 2.75) is 26.4 Å². The maximum atomic E-state index is 12.0. The van der Waals surface area contributed by atoms with E-state index >= 15 is 0 Å². The van der Waals surface area contributed by atoms with Gasteiger partial charge in [0.1, 0.15) is 0 Å². The molecule has 1 aromatic carbocycles. The summed E-state index contributed by atoms with van der Waals surface area (Å²) in [6, 6.07) is 7.70. The Kier molecular flexibility index (Phi) is 2.73. The Labute approximate surface area is 89.6 Å².